The summed E-state index contributed by atoms with van der Waals surface area (Å²) in [7, 11) is -1.94. The lowest BCUT2D eigenvalue weighted by Gasteiger charge is -2.16. The first-order valence-corrected chi connectivity index (χ1v) is 10.4. The molecule has 6 nitrogen and oxygen atoms in total. The zero-order valence-corrected chi connectivity index (χ0v) is 15.7. The molecule has 25 heavy (non-hydrogen) atoms. The molecule has 1 aromatic carbocycles. The van der Waals surface area contributed by atoms with E-state index in [1.54, 1.807) is 23.9 Å². The fraction of sp³-hybridized carbons (Fsp3) is 0.556. The minimum Gasteiger partial charge on any atom is -0.252 e. The van der Waals surface area contributed by atoms with Crippen molar-refractivity contribution in [3.8, 4) is 0 Å². The Balaban J connectivity index is 1.64. The van der Waals surface area contributed by atoms with Gasteiger partial charge in [0.2, 0.25) is 10.0 Å². The molecule has 0 atom stereocenters. The van der Waals surface area contributed by atoms with E-state index in [1.165, 1.54) is 22.7 Å². The average Bonchev–Trinajstić information content (AvgIpc) is 3.30. The molecular formula is C18H26N4O2S. The van der Waals surface area contributed by atoms with Crippen molar-refractivity contribution >= 4 is 10.0 Å². The summed E-state index contributed by atoms with van der Waals surface area (Å²) >= 11 is 0. The zero-order chi connectivity index (χ0) is 17.9. The van der Waals surface area contributed by atoms with E-state index < -0.39 is 10.0 Å². The largest absolute Gasteiger partial charge is 0.252 e. The van der Waals surface area contributed by atoms with E-state index in [9.17, 15) is 8.42 Å². The highest BCUT2D eigenvalue weighted by Gasteiger charge is 2.24. The molecule has 0 N–H and O–H groups in total. The summed E-state index contributed by atoms with van der Waals surface area (Å²) in [6, 6.07) is 7.28. The van der Waals surface area contributed by atoms with Crippen LogP contribution in [0.3, 0.4) is 0 Å². The molecule has 1 heterocycles. The van der Waals surface area contributed by atoms with Gasteiger partial charge in [0.15, 0.2) is 0 Å². The number of rotatable bonds is 9. The second kappa shape index (κ2) is 7.66. The Morgan fingerprint density at radius 1 is 1.24 bits per heavy atom. The van der Waals surface area contributed by atoms with Crippen LogP contribution in [0.5, 0.6) is 0 Å². The molecule has 0 unspecified atom stereocenters. The van der Waals surface area contributed by atoms with E-state index in [-0.39, 0.29) is 6.54 Å². The maximum absolute atomic E-state index is 12.7. The molecule has 3 rings (SSSR count). The summed E-state index contributed by atoms with van der Waals surface area (Å²) in [6.07, 6.45) is 7.57. The van der Waals surface area contributed by atoms with Gasteiger partial charge in [0.1, 0.15) is 0 Å². The van der Waals surface area contributed by atoms with Gasteiger partial charge in [-0.15, -0.1) is 5.10 Å². The van der Waals surface area contributed by atoms with Gasteiger partial charge in [0, 0.05) is 19.8 Å². The molecule has 1 fully saturated rings. The van der Waals surface area contributed by atoms with Gasteiger partial charge < -0.3 is 0 Å². The third-order valence-electron chi connectivity index (χ3n) is 4.56. The molecule has 2 aromatic rings. The van der Waals surface area contributed by atoms with Crippen molar-refractivity contribution in [1.29, 1.82) is 0 Å². The van der Waals surface area contributed by atoms with Crippen molar-refractivity contribution in [3.63, 3.8) is 0 Å². The molecular weight excluding hydrogens is 336 g/mol. The molecule has 0 amide bonds. The number of aryl methyl sites for hydroxylation is 1. The van der Waals surface area contributed by atoms with E-state index in [2.05, 4.69) is 17.2 Å². The summed E-state index contributed by atoms with van der Waals surface area (Å²) in [5.74, 6) is 0.792. The molecule has 1 aliphatic rings. The molecule has 1 aromatic heterocycles. The summed E-state index contributed by atoms with van der Waals surface area (Å²) in [5.41, 5.74) is 1.87. The Hall–Kier alpha value is -1.73. The van der Waals surface area contributed by atoms with Gasteiger partial charge in [0.25, 0.3) is 0 Å². The predicted octanol–water partition coefficient (Wildman–Crippen LogP) is 2.85. The summed E-state index contributed by atoms with van der Waals surface area (Å²) in [5, 5.41) is 8.13. The first-order chi connectivity index (χ1) is 12.0. The van der Waals surface area contributed by atoms with Crippen LogP contribution in [-0.2, 0) is 29.5 Å². The summed E-state index contributed by atoms with van der Waals surface area (Å²) in [6.45, 7) is 3.15. The lowest BCUT2D eigenvalue weighted by Crippen LogP contribution is -2.26. The summed E-state index contributed by atoms with van der Waals surface area (Å²) < 4.78 is 28.6. The minimum absolute atomic E-state index is 0.221. The van der Waals surface area contributed by atoms with E-state index >= 15 is 0 Å². The van der Waals surface area contributed by atoms with E-state index in [0.29, 0.717) is 10.6 Å². The first-order valence-electron chi connectivity index (χ1n) is 8.93. The number of unbranched alkanes of at least 4 members (excludes halogenated alkanes) is 1. The Morgan fingerprint density at radius 2 is 1.96 bits per heavy atom. The third kappa shape index (κ3) is 4.67. The van der Waals surface area contributed by atoms with Crippen LogP contribution in [0.25, 0.3) is 0 Å². The van der Waals surface area contributed by atoms with Crippen molar-refractivity contribution in [2.24, 2.45) is 5.92 Å². The van der Waals surface area contributed by atoms with Gasteiger partial charge in [-0.05, 0) is 49.3 Å². The normalized spacial score (nSPS) is 15.0. The van der Waals surface area contributed by atoms with E-state index in [0.717, 1.165) is 31.7 Å². The van der Waals surface area contributed by atoms with Crippen molar-refractivity contribution in [2.75, 3.05) is 7.05 Å². The highest BCUT2D eigenvalue weighted by atomic mass is 32.2. The topological polar surface area (TPSA) is 68.1 Å². The van der Waals surface area contributed by atoms with Gasteiger partial charge in [0.05, 0.1) is 17.1 Å². The Morgan fingerprint density at radius 3 is 2.60 bits per heavy atom. The molecule has 0 aliphatic heterocycles. The highest BCUT2D eigenvalue weighted by molar-refractivity contribution is 7.89. The zero-order valence-electron chi connectivity index (χ0n) is 14.9. The second-order valence-corrected chi connectivity index (χ2v) is 8.92. The number of benzene rings is 1. The van der Waals surface area contributed by atoms with Crippen LogP contribution in [0.2, 0.25) is 0 Å². The maximum Gasteiger partial charge on any atom is 0.243 e. The molecule has 136 valence electrons. The lowest BCUT2D eigenvalue weighted by atomic mass is 10.1. The fourth-order valence-corrected chi connectivity index (χ4v) is 3.93. The second-order valence-electron chi connectivity index (χ2n) is 6.88. The Kier molecular flexibility index (Phi) is 5.54. The predicted molar refractivity (Wildman–Crippen MR) is 96.5 cm³/mol. The van der Waals surface area contributed by atoms with Crippen LogP contribution in [-0.4, -0.2) is 34.8 Å². The maximum atomic E-state index is 12.7. The third-order valence-corrected chi connectivity index (χ3v) is 6.38. The number of aromatic nitrogens is 3. The molecule has 0 bridgehead atoms. The van der Waals surface area contributed by atoms with Crippen molar-refractivity contribution in [1.82, 2.24) is 19.3 Å². The van der Waals surface area contributed by atoms with E-state index in [1.807, 2.05) is 18.3 Å². The van der Waals surface area contributed by atoms with Gasteiger partial charge in [-0.2, -0.15) is 4.31 Å². The van der Waals surface area contributed by atoms with Crippen LogP contribution in [0.4, 0.5) is 0 Å². The van der Waals surface area contributed by atoms with Crippen molar-refractivity contribution in [2.45, 2.75) is 57.0 Å². The van der Waals surface area contributed by atoms with Crippen LogP contribution >= 0.6 is 0 Å². The van der Waals surface area contributed by atoms with Crippen molar-refractivity contribution < 1.29 is 8.42 Å². The van der Waals surface area contributed by atoms with Gasteiger partial charge in [-0.1, -0.05) is 30.7 Å². The smallest absolute Gasteiger partial charge is 0.243 e. The van der Waals surface area contributed by atoms with Gasteiger partial charge in [-0.25, -0.2) is 8.42 Å². The lowest BCUT2D eigenvalue weighted by molar-refractivity contribution is 0.462. The molecule has 0 spiro atoms. The Labute approximate surface area is 149 Å². The number of nitrogens with zero attached hydrogens (tertiary/aromatic N) is 4. The Bertz CT molecular complexity index is 795. The monoisotopic (exact) mass is 362 g/mol. The van der Waals surface area contributed by atoms with Crippen LogP contribution in [0.15, 0.2) is 35.4 Å². The van der Waals surface area contributed by atoms with Crippen molar-refractivity contribution in [3.05, 3.63) is 41.7 Å². The number of hydrogen-bond donors (Lipinski definition) is 0. The quantitative estimate of drug-likeness (QED) is 0.688. The molecule has 0 saturated heterocycles. The van der Waals surface area contributed by atoms with Gasteiger partial charge in [-0.3, -0.25) is 4.68 Å². The summed E-state index contributed by atoms with van der Waals surface area (Å²) in [4.78, 5) is 0.327. The highest BCUT2D eigenvalue weighted by Crippen LogP contribution is 2.32. The average molecular weight is 362 g/mol. The van der Waals surface area contributed by atoms with Crippen LogP contribution in [0, 0.1) is 5.92 Å². The number of sulfonamides is 1. The first kappa shape index (κ1) is 18.1. The van der Waals surface area contributed by atoms with Gasteiger partial charge >= 0.3 is 0 Å². The van der Waals surface area contributed by atoms with E-state index in [4.69, 9.17) is 0 Å². The molecule has 1 saturated carbocycles. The van der Waals surface area contributed by atoms with Crippen LogP contribution < -0.4 is 0 Å². The fourth-order valence-electron chi connectivity index (χ4n) is 2.79. The molecule has 1 aliphatic carbocycles. The molecule has 0 radical (unpaired) electrons. The SMILES string of the molecule is CCCCn1cc(CN(C)S(=O)(=O)c2ccc(CC3CC3)cc2)nn1. The minimum atomic E-state index is -3.52. The molecule has 7 heteroatoms. The standard InChI is InChI=1S/C18H26N4O2S/c1-3-4-11-22-14-17(19-20-22)13-21(2)25(23,24)18-9-7-16(8-10-18)12-15-5-6-15/h7-10,14-15H,3-6,11-13H2,1-2H3. The number of hydrogen-bond acceptors (Lipinski definition) is 4. The van der Waals surface area contributed by atoms with Crippen LogP contribution in [0.1, 0.15) is 43.9 Å².